The SMILES string of the molecule is COc1ncc(-c2n[nH]c3cc(NC(=O)N[C@H](C)c4ccc(F)cc4)ncc23)cn1. The summed E-state index contributed by atoms with van der Waals surface area (Å²) in [5.74, 6) is 0.0283. The Morgan fingerprint density at radius 1 is 1.13 bits per heavy atom. The molecule has 3 heterocycles. The zero-order valence-corrected chi connectivity index (χ0v) is 16.2. The molecule has 9 nitrogen and oxygen atoms in total. The van der Waals surface area contributed by atoms with Crippen molar-refractivity contribution < 1.29 is 13.9 Å². The van der Waals surface area contributed by atoms with Crippen LogP contribution < -0.4 is 15.4 Å². The number of carbonyl (C=O) groups excluding carboxylic acids is 1. The molecular weight excluding hydrogens is 389 g/mol. The van der Waals surface area contributed by atoms with Gasteiger partial charge < -0.3 is 10.1 Å². The molecule has 3 aromatic heterocycles. The van der Waals surface area contributed by atoms with Crippen LogP contribution in [0, 0.1) is 5.82 Å². The highest BCUT2D eigenvalue weighted by Gasteiger charge is 2.13. The van der Waals surface area contributed by atoms with Crippen molar-refractivity contribution >= 4 is 22.8 Å². The third-order valence-electron chi connectivity index (χ3n) is 4.49. The number of halogens is 1. The second kappa shape index (κ2) is 8.11. The molecule has 10 heteroatoms. The lowest BCUT2D eigenvalue weighted by molar-refractivity contribution is 0.249. The molecule has 0 aliphatic heterocycles. The highest BCUT2D eigenvalue weighted by Crippen LogP contribution is 2.26. The van der Waals surface area contributed by atoms with Crippen LogP contribution in [-0.2, 0) is 0 Å². The number of aromatic amines is 1. The number of nitrogens with one attached hydrogen (secondary N) is 3. The smallest absolute Gasteiger partial charge is 0.320 e. The molecule has 0 saturated heterocycles. The number of H-pyrrole nitrogens is 1. The van der Waals surface area contributed by atoms with Crippen molar-refractivity contribution in [2.45, 2.75) is 13.0 Å². The Balaban J connectivity index is 1.47. The molecule has 1 atom stereocenters. The number of urea groups is 1. The van der Waals surface area contributed by atoms with Gasteiger partial charge in [-0.15, -0.1) is 0 Å². The molecule has 2 amide bonds. The van der Waals surface area contributed by atoms with E-state index in [1.165, 1.54) is 19.2 Å². The van der Waals surface area contributed by atoms with Crippen molar-refractivity contribution in [1.82, 2.24) is 30.5 Å². The minimum absolute atomic E-state index is 0.268. The van der Waals surface area contributed by atoms with Gasteiger partial charge in [0.15, 0.2) is 0 Å². The van der Waals surface area contributed by atoms with E-state index in [1.54, 1.807) is 36.8 Å². The lowest BCUT2D eigenvalue weighted by Crippen LogP contribution is -2.31. The van der Waals surface area contributed by atoms with Gasteiger partial charge in [0.25, 0.3) is 0 Å². The Hall–Kier alpha value is -4.08. The second-order valence-corrected chi connectivity index (χ2v) is 6.52. The Kier molecular flexibility index (Phi) is 5.21. The molecule has 0 unspecified atom stereocenters. The van der Waals surface area contributed by atoms with E-state index in [0.29, 0.717) is 22.6 Å². The van der Waals surface area contributed by atoms with E-state index >= 15 is 0 Å². The van der Waals surface area contributed by atoms with E-state index in [4.69, 9.17) is 4.74 Å². The van der Waals surface area contributed by atoms with Gasteiger partial charge in [-0.25, -0.2) is 24.1 Å². The van der Waals surface area contributed by atoms with Crippen LogP contribution in [0.15, 0.2) is 48.9 Å². The van der Waals surface area contributed by atoms with E-state index in [9.17, 15) is 9.18 Å². The van der Waals surface area contributed by atoms with Crippen molar-refractivity contribution in [3.63, 3.8) is 0 Å². The van der Waals surface area contributed by atoms with Gasteiger partial charge in [0.05, 0.1) is 18.7 Å². The predicted octanol–water partition coefficient (Wildman–Crippen LogP) is 3.45. The molecule has 0 bridgehead atoms. The maximum Gasteiger partial charge on any atom is 0.320 e. The molecule has 152 valence electrons. The third-order valence-corrected chi connectivity index (χ3v) is 4.49. The molecule has 0 fully saturated rings. The Morgan fingerprint density at radius 3 is 2.57 bits per heavy atom. The molecule has 1 aromatic carbocycles. The summed E-state index contributed by atoms with van der Waals surface area (Å²) < 4.78 is 18.0. The maximum atomic E-state index is 13.0. The van der Waals surface area contributed by atoms with E-state index in [-0.39, 0.29) is 17.9 Å². The number of fused-ring (bicyclic) bond motifs is 1. The second-order valence-electron chi connectivity index (χ2n) is 6.52. The highest BCUT2D eigenvalue weighted by molar-refractivity contribution is 5.95. The van der Waals surface area contributed by atoms with Crippen LogP contribution in [0.5, 0.6) is 6.01 Å². The molecule has 0 radical (unpaired) electrons. The molecule has 3 N–H and O–H groups in total. The van der Waals surface area contributed by atoms with Crippen LogP contribution in [0.4, 0.5) is 15.0 Å². The number of amides is 2. The highest BCUT2D eigenvalue weighted by atomic mass is 19.1. The third kappa shape index (κ3) is 4.02. The van der Waals surface area contributed by atoms with Gasteiger partial charge in [0, 0.05) is 35.6 Å². The topological polar surface area (TPSA) is 118 Å². The molecule has 0 spiro atoms. The zero-order valence-electron chi connectivity index (χ0n) is 16.2. The van der Waals surface area contributed by atoms with Gasteiger partial charge in [-0.1, -0.05) is 12.1 Å². The van der Waals surface area contributed by atoms with E-state index in [0.717, 1.165) is 10.9 Å². The number of benzene rings is 1. The largest absolute Gasteiger partial charge is 0.467 e. The number of nitrogens with zero attached hydrogens (tertiary/aromatic N) is 4. The molecule has 4 aromatic rings. The molecule has 30 heavy (non-hydrogen) atoms. The first-order valence-corrected chi connectivity index (χ1v) is 9.07. The van der Waals surface area contributed by atoms with Crippen LogP contribution in [-0.4, -0.2) is 38.3 Å². The fourth-order valence-corrected chi connectivity index (χ4v) is 2.93. The minimum Gasteiger partial charge on any atom is -0.467 e. The van der Waals surface area contributed by atoms with Crippen molar-refractivity contribution in [2.75, 3.05) is 12.4 Å². The van der Waals surface area contributed by atoms with Gasteiger partial charge in [0.1, 0.15) is 17.3 Å². The molecule has 0 aliphatic rings. The summed E-state index contributed by atoms with van der Waals surface area (Å²) in [6, 6.07) is 7.17. The molecule has 4 rings (SSSR count). The van der Waals surface area contributed by atoms with Crippen LogP contribution in [0.1, 0.15) is 18.5 Å². The van der Waals surface area contributed by atoms with Crippen molar-refractivity contribution in [3.05, 3.63) is 60.3 Å². The summed E-state index contributed by atoms with van der Waals surface area (Å²) in [7, 11) is 1.49. The van der Waals surface area contributed by atoms with E-state index < -0.39 is 6.03 Å². The average Bonchev–Trinajstić information content (AvgIpc) is 3.17. The number of ether oxygens (including phenoxy) is 1. The first-order valence-electron chi connectivity index (χ1n) is 9.07. The standard InChI is InChI=1S/C20H18FN7O2/c1-11(12-3-5-14(21)6-4-12)25-19(29)26-17-7-16-15(10-22-17)18(28-27-16)13-8-23-20(30-2)24-9-13/h3-11H,1-2H3,(H,27,28)(H2,22,25,26,29)/t11-/m1/s1. The van der Waals surface area contributed by atoms with Crippen molar-refractivity contribution in [2.24, 2.45) is 0 Å². The predicted molar refractivity (Wildman–Crippen MR) is 108 cm³/mol. The molecule has 0 saturated carbocycles. The number of carbonyl (C=O) groups is 1. The van der Waals surface area contributed by atoms with Crippen LogP contribution in [0.3, 0.4) is 0 Å². The Morgan fingerprint density at radius 2 is 1.87 bits per heavy atom. The van der Waals surface area contributed by atoms with Crippen LogP contribution in [0.2, 0.25) is 0 Å². The average molecular weight is 407 g/mol. The van der Waals surface area contributed by atoms with E-state index in [1.807, 2.05) is 6.92 Å². The van der Waals surface area contributed by atoms with E-state index in [2.05, 4.69) is 35.8 Å². The Bertz CT molecular complexity index is 1180. The fourth-order valence-electron chi connectivity index (χ4n) is 2.93. The number of rotatable bonds is 5. The van der Waals surface area contributed by atoms with Gasteiger partial charge in [-0.2, -0.15) is 5.10 Å². The van der Waals surface area contributed by atoms with Gasteiger partial charge >= 0.3 is 12.0 Å². The summed E-state index contributed by atoms with van der Waals surface area (Å²) in [6.45, 7) is 1.81. The first-order chi connectivity index (χ1) is 14.5. The van der Waals surface area contributed by atoms with Crippen molar-refractivity contribution in [3.8, 4) is 17.3 Å². The number of pyridine rings is 1. The summed E-state index contributed by atoms with van der Waals surface area (Å²) in [6.07, 6.45) is 4.83. The number of methoxy groups -OCH3 is 1. The number of hydrogen-bond donors (Lipinski definition) is 3. The van der Waals surface area contributed by atoms with Crippen LogP contribution >= 0.6 is 0 Å². The minimum atomic E-state index is -0.429. The summed E-state index contributed by atoms with van der Waals surface area (Å²) in [4.78, 5) is 24.7. The zero-order chi connectivity index (χ0) is 21.1. The molecule has 0 aliphatic carbocycles. The van der Waals surface area contributed by atoms with Crippen LogP contribution in [0.25, 0.3) is 22.2 Å². The summed E-state index contributed by atoms with van der Waals surface area (Å²) in [5.41, 5.74) is 2.82. The lowest BCUT2D eigenvalue weighted by Gasteiger charge is -2.14. The lowest BCUT2D eigenvalue weighted by atomic mass is 10.1. The normalized spacial score (nSPS) is 11.8. The first kappa shape index (κ1) is 19.2. The summed E-state index contributed by atoms with van der Waals surface area (Å²) in [5, 5.41) is 13.4. The van der Waals surface area contributed by atoms with Gasteiger partial charge in [-0.3, -0.25) is 10.4 Å². The number of hydrogen-bond acceptors (Lipinski definition) is 6. The maximum absolute atomic E-state index is 13.0. The van der Waals surface area contributed by atoms with Gasteiger partial charge in [0.2, 0.25) is 0 Å². The number of anilines is 1. The quantitative estimate of drug-likeness (QED) is 0.466. The monoisotopic (exact) mass is 407 g/mol. The Labute approximate surface area is 170 Å². The number of aromatic nitrogens is 5. The van der Waals surface area contributed by atoms with Gasteiger partial charge in [-0.05, 0) is 24.6 Å². The molecular formula is C20H18FN7O2. The summed E-state index contributed by atoms with van der Waals surface area (Å²) >= 11 is 0. The van der Waals surface area contributed by atoms with Crippen molar-refractivity contribution in [1.29, 1.82) is 0 Å². The fraction of sp³-hybridized carbons (Fsp3) is 0.150.